The summed E-state index contributed by atoms with van der Waals surface area (Å²) >= 11 is 1.41. The molecule has 3 rings (SSSR count). The van der Waals surface area contributed by atoms with Crippen LogP contribution in [0.4, 0.5) is 5.00 Å². The van der Waals surface area contributed by atoms with Crippen LogP contribution in [0.15, 0.2) is 0 Å². The lowest BCUT2D eigenvalue weighted by atomic mass is 9.95. The summed E-state index contributed by atoms with van der Waals surface area (Å²) in [6.45, 7) is -0.298. The zero-order valence-electron chi connectivity index (χ0n) is 13.4. The quantitative estimate of drug-likeness (QED) is 0.795. The third kappa shape index (κ3) is 3.06. The number of likely N-dealkylation sites (tertiary alicyclic amines) is 1. The molecule has 7 nitrogen and oxygen atoms in total. The highest BCUT2D eigenvalue weighted by atomic mass is 32.1. The molecular formula is C16H19N3O4S. The van der Waals surface area contributed by atoms with Gasteiger partial charge in [-0.3, -0.25) is 24.1 Å². The maximum absolute atomic E-state index is 12.3. The number of fused-ring (bicyclic) bond motifs is 1. The van der Waals surface area contributed by atoms with Crippen molar-refractivity contribution < 1.29 is 19.2 Å². The molecule has 8 heteroatoms. The lowest BCUT2D eigenvalue weighted by Crippen LogP contribution is -2.37. The van der Waals surface area contributed by atoms with Crippen LogP contribution >= 0.6 is 11.3 Å². The molecule has 0 spiro atoms. The highest BCUT2D eigenvalue weighted by Gasteiger charge is 2.31. The minimum absolute atomic E-state index is 0.156. The fourth-order valence-electron chi connectivity index (χ4n) is 3.13. The Morgan fingerprint density at radius 3 is 2.42 bits per heavy atom. The van der Waals surface area contributed by atoms with Gasteiger partial charge in [-0.1, -0.05) is 0 Å². The van der Waals surface area contributed by atoms with Gasteiger partial charge >= 0.3 is 0 Å². The van der Waals surface area contributed by atoms with Gasteiger partial charge in [-0.05, 0) is 31.2 Å². The van der Waals surface area contributed by atoms with Crippen LogP contribution in [0, 0.1) is 0 Å². The normalized spacial score (nSPS) is 17.0. The van der Waals surface area contributed by atoms with Crippen molar-refractivity contribution in [2.45, 2.75) is 38.5 Å². The van der Waals surface area contributed by atoms with E-state index in [0.717, 1.165) is 41.0 Å². The summed E-state index contributed by atoms with van der Waals surface area (Å²) in [5.41, 5.74) is 1.53. The lowest BCUT2D eigenvalue weighted by molar-refractivity contribution is -0.141. The number of nitrogens with one attached hydrogen (secondary N) is 2. The van der Waals surface area contributed by atoms with Crippen LogP contribution in [0.3, 0.4) is 0 Å². The first kappa shape index (κ1) is 16.6. The van der Waals surface area contributed by atoms with Crippen LogP contribution in [0.25, 0.3) is 0 Å². The van der Waals surface area contributed by atoms with E-state index in [4.69, 9.17) is 0 Å². The van der Waals surface area contributed by atoms with Crippen molar-refractivity contribution in [1.29, 1.82) is 0 Å². The van der Waals surface area contributed by atoms with Gasteiger partial charge < -0.3 is 10.6 Å². The van der Waals surface area contributed by atoms with Gasteiger partial charge in [0.15, 0.2) is 0 Å². The molecule has 0 aromatic carbocycles. The van der Waals surface area contributed by atoms with Gasteiger partial charge in [0.1, 0.15) is 11.5 Å². The van der Waals surface area contributed by atoms with Gasteiger partial charge in [0.05, 0.1) is 5.56 Å². The molecule has 4 amide bonds. The molecular weight excluding hydrogens is 330 g/mol. The first-order valence-corrected chi connectivity index (χ1v) is 8.82. The molecule has 1 aliphatic carbocycles. The highest BCUT2D eigenvalue weighted by molar-refractivity contribution is 7.17. The smallest absolute Gasteiger partial charge is 0.254 e. The predicted octanol–water partition coefficient (Wildman–Crippen LogP) is 1.07. The number of imide groups is 1. The standard InChI is InChI=1S/C16H19N3O4S/c1-17-15(23)14-9-4-2-3-5-10(9)24-16(14)18-11(20)8-19-12(21)6-7-13(19)22/h2-8H2,1H3,(H,17,23)(H,18,20). The lowest BCUT2D eigenvalue weighted by Gasteiger charge is -2.14. The van der Waals surface area contributed by atoms with Gasteiger partial charge in [0.2, 0.25) is 17.7 Å². The third-order valence-corrected chi connectivity index (χ3v) is 5.54. The van der Waals surface area contributed by atoms with Crippen LogP contribution in [0.1, 0.15) is 46.5 Å². The van der Waals surface area contributed by atoms with E-state index in [9.17, 15) is 19.2 Å². The first-order chi connectivity index (χ1) is 11.5. The van der Waals surface area contributed by atoms with Crippen LogP contribution < -0.4 is 10.6 Å². The predicted molar refractivity (Wildman–Crippen MR) is 88.9 cm³/mol. The molecule has 2 aliphatic rings. The molecule has 0 radical (unpaired) electrons. The molecule has 1 aromatic rings. The average Bonchev–Trinajstić information content (AvgIpc) is 3.08. The fourth-order valence-corrected chi connectivity index (χ4v) is 4.43. The summed E-state index contributed by atoms with van der Waals surface area (Å²) in [5, 5.41) is 5.84. The second-order valence-electron chi connectivity index (χ2n) is 5.92. The number of hydrogen-bond acceptors (Lipinski definition) is 5. The van der Waals surface area contributed by atoms with Gasteiger partial charge in [0.25, 0.3) is 5.91 Å². The van der Waals surface area contributed by atoms with Gasteiger partial charge in [0, 0.05) is 24.8 Å². The van der Waals surface area contributed by atoms with Crippen molar-refractivity contribution in [2.75, 3.05) is 18.9 Å². The van der Waals surface area contributed by atoms with E-state index >= 15 is 0 Å². The Morgan fingerprint density at radius 1 is 1.08 bits per heavy atom. The molecule has 1 saturated heterocycles. The summed E-state index contributed by atoms with van der Waals surface area (Å²) in [7, 11) is 1.56. The monoisotopic (exact) mass is 349 g/mol. The van der Waals surface area contributed by atoms with E-state index in [0.29, 0.717) is 10.6 Å². The Morgan fingerprint density at radius 2 is 1.75 bits per heavy atom. The average molecular weight is 349 g/mol. The van der Waals surface area contributed by atoms with Crippen molar-refractivity contribution >= 4 is 40.0 Å². The van der Waals surface area contributed by atoms with E-state index in [2.05, 4.69) is 10.6 Å². The number of carbonyl (C=O) groups is 4. The SMILES string of the molecule is CNC(=O)c1c(NC(=O)CN2C(=O)CCC2=O)sc2c1CCCC2. The Bertz CT molecular complexity index is 709. The summed E-state index contributed by atoms with van der Waals surface area (Å²) in [5.74, 6) is -1.33. The Labute approximate surface area is 143 Å². The maximum atomic E-state index is 12.3. The van der Waals surface area contributed by atoms with E-state index in [1.54, 1.807) is 7.05 Å². The molecule has 2 heterocycles. The van der Waals surface area contributed by atoms with Crippen molar-refractivity contribution in [3.05, 3.63) is 16.0 Å². The summed E-state index contributed by atoms with van der Waals surface area (Å²) in [6.07, 6.45) is 4.14. The number of anilines is 1. The molecule has 1 aliphatic heterocycles. The minimum atomic E-state index is -0.456. The van der Waals surface area contributed by atoms with Crippen molar-refractivity contribution in [2.24, 2.45) is 0 Å². The molecule has 0 saturated carbocycles. The van der Waals surface area contributed by atoms with E-state index < -0.39 is 5.91 Å². The molecule has 1 fully saturated rings. The number of hydrogen-bond donors (Lipinski definition) is 2. The Kier molecular flexibility index (Phi) is 4.66. The number of carbonyl (C=O) groups excluding carboxylic acids is 4. The van der Waals surface area contributed by atoms with E-state index in [-0.39, 0.29) is 37.1 Å². The second-order valence-corrected chi connectivity index (χ2v) is 7.02. The number of thiophene rings is 1. The largest absolute Gasteiger partial charge is 0.355 e. The van der Waals surface area contributed by atoms with Crippen molar-refractivity contribution in [3.63, 3.8) is 0 Å². The van der Waals surface area contributed by atoms with E-state index in [1.165, 1.54) is 11.3 Å². The molecule has 2 N–H and O–H groups in total. The zero-order chi connectivity index (χ0) is 17.3. The Hall–Kier alpha value is -2.22. The highest BCUT2D eigenvalue weighted by Crippen LogP contribution is 2.38. The fraction of sp³-hybridized carbons (Fsp3) is 0.500. The molecule has 128 valence electrons. The molecule has 0 atom stereocenters. The summed E-state index contributed by atoms with van der Waals surface area (Å²) < 4.78 is 0. The van der Waals surface area contributed by atoms with Crippen LogP contribution in [0.2, 0.25) is 0 Å². The number of nitrogens with zero attached hydrogens (tertiary/aromatic N) is 1. The van der Waals surface area contributed by atoms with Gasteiger partial charge in [-0.25, -0.2) is 0 Å². The van der Waals surface area contributed by atoms with Crippen LogP contribution in [0.5, 0.6) is 0 Å². The Balaban J connectivity index is 1.80. The summed E-state index contributed by atoms with van der Waals surface area (Å²) in [4.78, 5) is 49.8. The van der Waals surface area contributed by atoms with Crippen molar-refractivity contribution in [1.82, 2.24) is 10.2 Å². The van der Waals surface area contributed by atoms with Crippen molar-refractivity contribution in [3.8, 4) is 0 Å². The number of amides is 4. The number of rotatable bonds is 4. The second kappa shape index (κ2) is 6.72. The molecule has 24 heavy (non-hydrogen) atoms. The zero-order valence-corrected chi connectivity index (χ0v) is 14.3. The maximum Gasteiger partial charge on any atom is 0.254 e. The minimum Gasteiger partial charge on any atom is -0.355 e. The topological polar surface area (TPSA) is 95.6 Å². The number of aryl methyl sites for hydroxylation is 1. The van der Waals surface area contributed by atoms with E-state index in [1.807, 2.05) is 0 Å². The molecule has 1 aromatic heterocycles. The summed E-state index contributed by atoms with van der Waals surface area (Å²) in [6, 6.07) is 0. The van der Waals surface area contributed by atoms with Gasteiger partial charge in [-0.15, -0.1) is 11.3 Å². The first-order valence-electron chi connectivity index (χ1n) is 8.01. The van der Waals surface area contributed by atoms with Gasteiger partial charge in [-0.2, -0.15) is 0 Å². The van der Waals surface area contributed by atoms with Crippen LogP contribution in [-0.2, 0) is 27.2 Å². The molecule has 0 bridgehead atoms. The molecule has 0 unspecified atom stereocenters. The van der Waals surface area contributed by atoms with Crippen LogP contribution in [-0.4, -0.2) is 42.1 Å². The third-order valence-electron chi connectivity index (χ3n) is 4.33.